The van der Waals surface area contributed by atoms with E-state index in [9.17, 15) is 30.7 Å². The maximum atomic E-state index is 14.7. The van der Waals surface area contributed by atoms with Crippen molar-refractivity contribution in [2.75, 3.05) is 13.4 Å². The molecule has 0 unspecified atom stereocenters. The van der Waals surface area contributed by atoms with E-state index >= 15 is 0 Å². The van der Waals surface area contributed by atoms with Crippen molar-refractivity contribution in [1.82, 2.24) is 0 Å². The number of hydrogen-bond acceptors (Lipinski definition) is 3. The highest BCUT2D eigenvalue weighted by Crippen LogP contribution is 2.41. The van der Waals surface area contributed by atoms with Gasteiger partial charge >= 0.3 is 12.3 Å². The summed E-state index contributed by atoms with van der Waals surface area (Å²) in [4.78, 5) is 0. The quantitative estimate of drug-likeness (QED) is 0.116. The average molecular weight is 645 g/mol. The summed E-state index contributed by atoms with van der Waals surface area (Å²) in [5.74, 6) is -5.29. The zero-order valence-corrected chi connectivity index (χ0v) is 25.7. The number of hydrogen-bond donors (Lipinski definition) is 0. The molecular formula is C35H43F7O3. The Kier molecular flexibility index (Phi) is 12.8. The fraction of sp³-hybridized carbons (Fsp3) is 0.600. The first-order valence-electron chi connectivity index (χ1n) is 16.0. The third kappa shape index (κ3) is 10.7. The largest absolute Gasteiger partial charge is 0.432 e. The Morgan fingerprint density at radius 2 is 1.47 bits per heavy atom. The Labute approximate surface area is 261 Å². The van der Waals surface area contributed by atoms with Crippen LogP contribution in [0.15, 0.2) is 42.5 Å². The van der Waals surface area contributed by atoms with E-state index in [2.05, 4.69) is 48.1 Å². The van der Waals surface area contributed by atoms with Crippen molar-refractivity contribution in [3.63, 3.8) is 0 Å². The molecular weight excluding hydrogens is 601 g/mol. The van der Waals surface area contributed by atoms with Crippen LogP contribution in [0.2, 0.25) is 0 Å². The van der Waals surface area contributed by atoms with Crippen LogP contribution in [0.1, 0.15) is 94.2 Å². The van der Waals surface area contributed by atoms with E-state index in [4.69, 9.17) is 9.47 Å². The second kappa shape index (κ2) is 16.3. The smallest absolute Gasteiger partial charge is 0.422 e. The first kappa shape index (κ1) is 35.3. The number of halogens is 7. The fourth-order valence-electron chi connectivity index (χ4n) is 6.21. The second-order valence-corrected chi connectivity index (χ2v) is 12.4. The van der Waals surface area contributed by atoms with Crippen LogP contribution in [-0.2, 0) is 22.1 Å². The number of ether oxygens (including phenoxy) is 3. The topological polar surface area (TPSA) is 27.7 Å². The summed E-state index contributed by atoms with van der Waals surface area (Å²) >= 11 is 0. The summed E-state index contributed by atoms with van der Waals surface area (Å²) in [6.07, 6.45) is 5.01. The van der Waals surface area contributed by atoms with Crippen molar-refractivity contribution in [3.8, 4) is 5.75 Å². The van der Waals surface area contributed by atoms with Gasteiger partial charge in [0.1, 0.15) is 29.7 Å². The molecule has 2 aromatic carbocycles. The summed E-state index contributed by atoms with van der Waals surface area (Å²) in [6.45, 7) is 2.87. The SMILES string of the molecule is CCCCCc1ccc(/C=C/C2CCC(COCOC3CCC(C(F)(F)Oc4cc(F)c(C(F)(F)F)c(F)c4)CC3)CC2)cc1. The maximum absolute atomic E-state index is 14.7. The number of alkyl halides is 5. The Balaban J connectivity index is 1.10. The number of unbranched alkanes of at least 4 members (excludes halogenated alkanes) is 2. The third-order valence-corrected chi connectivity index (χ3v) is 8.94. The average Bonchev–Trinajstić information content (AvgIpc) is 2.98. The third-order valence-electron chi connectivity index (χ3n) is 8.94. The molecule has 3 nitrogen and oxygen atoms in total. The van der Waals surface area contributed by atoms with Crippen LogP contribution in [-0.4, -0.2) is 25.6 Å². The Morgan fingerprint density at radius 1 is 0.822 bits per heavy atom. The van der Waals surface area contributed by atoms with Crippen LogP contribution in [0.25, 0.3) is 6.08 Å². The second-order valence-electron chi connectivity index (χ2n) is 12.4. The van der Waals surface area contributed by atoms with Gasteiger partial charge in [-0.05, 0) is 87.2 Å². The van der Waals surface area contributed by atoms with E-state index in [0.29, 0.717) is 31.3 Å². The first-order chi connectivity index (χ1) is 21.4. The van der Waals surface area contributed by atoms with E-state index in [-0.39, 0.29) is 37.9 Å². The minimum atomic E-state index is -5.30. The molecule has 4 rings (SSSR count). The molecule has 2 aromatic rings. The van der Waals surface area contributed by atoms with Crippen molar-refractivity contribution in [1.29, 1.82) is 0 Å². The first-order valence-corrected chi connectivity index (χ1v) is 16.0. The summed E-state index contributed by atoms with van der Waals surface area (Å²) in [6, 6.07) is 9.09. The van der Waals surface area contributed by atoms with E-state index in [1.165, 1.54) is 30.4 Å². The molecule has 0 radical (unpaired) electrons. The van der Waals surface area contributed by atoms with E-state index in [0.717, 1.165) is 32.1 Å². The predicted molar refractivity (Wildman–Crippen MR) is 159 cm³/mol. The standard InChI is InChI=1S/C35H43F7O3/c1-2-3-4-5-24-6-8-25(9-7-24)10-11-26-12-14-27(15-13-26)22-43-23-44-29-18-16-28(17-19-29)35(41,42)45-30-20-31(36)33(32(37)21-30)34(38,39)40/h6-11,20-21,26-29H,2-5,12-19,22-23H2,1H3/b11-10+. The summed E-state index contributed by atoms with van der Waals surface area (Å²) in [5, 5.41) is 0. The van der Waals surface area contributed by atoms with Crippen LogP contribution >= 0.6 is 0 Å². The molecule has 0 heterocycles. The molecule has 0 N–H and O–H groups in total. The van der Waals surface area contributed by atoms with Crippen LogP contribution in [0.3, 0.4) is 0 Å². The number of rotatable bonds is 14. The molecule has 45 heavy (non-hydrogen) atoms. The molecule has 250 valence electrons. The van der Waals surface area contributed by atoms with Gasteiger partial charge in [0.25, 0.3) is 0 Å². The van der Waals surface area contributed by atoms with E-state index < -0.39 is 41.2 Å². The van der Waals surface area contributed by atoms with E-state index in [1.807, 2.05) is 0 Å². The van der Waals surface area contributed by atoms with Crippen molar-refractivity contribution in [3.05, 3.63) is 70.8 Å². The van der Waals surface area contributed by atoms with Gasteiger partial charge in [-0.25, -0.2) is 8.78 Å². The molecule has 2 fully saturated rings. The molecule has 0 amide bonds. The molecule has 0 bridgehead atoms. The lowest BCUT2D eigenvalue weighted by atomic mass is 9.82. The van der Waals surface area contributed by atoms with Crippen molar-refractivity contribution >= 4 is 6.08 Å². The molecule has 2 aliphatic rings. The fourth-order valence-corrected chi connectivity index (χ4v) is 6.21. The Bertz CT molecular complexity index is 1190. The molecule has 0 saturated heterocycles. The highest BCUT2D eigenvalue weighted by Gasteiger charge is 2.45. The summed E-state index contributed by atoms with van der Waals surface area (Å²) in [7, 11) is 0. The molecule has 10 heteroatoms. The Morgan fingerprint density at radius 3 is 2.07 bits per heavy atom. The highest BCUT2D eigenvalue weighted by molar-refractivity contribution is 5.50. The summed E-state index contributed by atoms with van der Waals surface area (Å²) < 4.78 is 111. The van der Waals surface area contributed by atoms with Gasteiger partial charge in [-0.15, -0.1) is 0 Å². The highest BCUT2D eigenvalue weighted by atomic mass is 19.4. The van der Waals surface area contributed by atoms with Gasteiger partial charge in [0.2, 0.25) is 0 Å². The van der Waals surface area contributed by atoms with Crippen LogP contribution in [0.5, 0.6) is 5.75 Å². The molecule has 0 spiro atoms. The number of benzene rings is 2. The molecule has 0 aromatic heterocycles. The minimum Gasteiger partial charge on any atom is -0.432 e. The summed E-state index contributed by atoms with van der Waals surface area (Å²) in [5.41, 5.74) is 0.473. The normalized spacial score (nSPS) is 23.0. The van der Waals surface area contributed by atoms with Crippen molar-refractivity contribution in [2.45, 2.75) is 102 Å². The molecule has 2 aliphatic carbocycles. The van der Waals surface area contributed by atoms with Crippen molar-refractivity contribution in [2.24, 2.45) is 17.8 Å². The van der Waals surface area contributed by atoms with Gasteiger partial charge in [0.05, 0.1) is 18.6 Å². The van der Waals surface area contributed by atoms with Gasteiger partial charge in [0, 0.05) is 12.1 Å². The van der Waals surface area contributed by atoms with Gasteiger partial charge in [-0.2, -0.15) is 22.0 Å². The lowest BCUT2D eigenvalue weighted by Crippen LogP contribution is -2.38. The van der Waals surface area contributed by atoms with Crippen molar-refractivity contribution < 1.29 is 44.9 Å². The zero-order chi connectivity index (χ0) is 32.5. The van der Waals surface area contributed by atoms with Gasteiger partial charge in [0.15, 0.2) is 0 Å². The lowest BCUT2D eigenvalue weighted by molar-refractivity contribution is -0.228. The monoisotopic (exact) mass is 644 g/mol. The maximum Gasteiger partial charge on any atom is 0.422 e. The number of aryl methyl sites for hydroxylation is 1. The van der Waals surface area contributed by atoms with Crippen LogP contribution < -0.4 is 4.74 Å². The zero-order valence-electron chi connectivity index (χ0n) is 25.7. The number of allylic oxidation sites excluding steroid dienone is 1. The predicted octanol–water partition coefficient (Wildman–Crippen LogP) is 10.8. The minimum absolute atomic E-state index is 0.0178. The van der Waals surface area contributed by atoms with Gasteiger partial charge < -0.3 is 14.2 Å². The molecule has 0 aliphatic heterocycles. The Hall–Kier alpha value is -2.59. The van der Waals surface area contributed by atoms with Crippen LogP contribution in [0, 0.1) is 29.4 Å². The lowest BCUT2D eigenvalue weighted by Gasteiger charge is -2.33. The van der Waals surface area contributed by atoms with E-state index in [1.54, 1.807) is 0 Å². The molecule has 2 saturated carbocycles. The molecule has 0 atom stereocenters. The van der Waals surface area contributed by atoms with Crippen LogP contribution in [0.4, 0.5) is 30.7 Å². The van der Waals surface area contributed by atoms with Gasteiger partial charge in [-0.3, -0.25) is 0 Å². The van der Waals surface area contributed by atoms with Gasteiger partial charge in [-0.1, -0.05) is 56.2 Å².